The molecule has 5 rings (SSSR count). The van der Waals surface area contributed by atoms with Crippen LogP contribution in [0.15, 0.2) is 96.7 Å². The molecule has 1 aromatic heterocycles. The summed E-state index contributed by atoms with van der Waals surface area (Å²) in [5, 5.41) is 12.1. The number of carbonyl (C=O) groups is 2. The van der Waals surface area contributed by atoms with Gasteiger partial charge in [0.1, 0.15) is 5.76 Å². The van der Waals surface area contributed by atoms with Gasteiger partial charge in [-0.1, -0.05) is 78.9 Å². The van der Waals surface area contributed by atoms with Gasteiger partial charge in [-0.2, -0.15) is 0 Å². The van der Waals surface area contributed by atoms with E-state index in [1.807, 2.05) is 66.9 Å². The molecule has 0 saturated carbocycles. The topological polar surface area (TPSA) is 73.4 Å². The molecular weight excluding hydrogens is 400 g/mol. The summed E-state index contributed by atoms with van der Waals surface area (Å²) in [6, 6.07) is 25.7. The van der Waals surface area contributed by atoms with Crippen molar-refractivity contribution in [2.24, 2.45) is 0 Å². The van der Waals surface area contributed by atoms with Crippen LogP contribution in [0.1, 0.15) is 22.7 Å². The van der Waals surface area contributed by atoms with Gasteiger partial charge in [0, 0.05) is 29.2 Å². The number of ketones is 1. The Morgan fingerprint density at radius 2 is 1.53 bits per heavy atom. The molecule has 5 heteroatoms. The molecule has 1 aliphatic heterocycles. The number of nitrogens with zero attached hydrogens (tertiary/aromatic N) is 1. The number of nitrogens with one attached hydrogen (secondary N) is 1. The molecule has 4 aromatic rings. The van der Waals surface area contributed by atoms with Gasteiger partial charge in [0.2, 0.25) is 0 Å². The first-order chi connectivity index (χ1) is 15.6. The number of aliphatic hydroxyl groups excluding tert-OH is 1. The number of hydrogen-bond donors (Lipinski definition) is 2. The predicted molar refractivity (Wildman–Crippen MR) is 124 cm³/mol. The SMILES string of the molecule is O=C1C(=O)N(CCc2c[nH]c3ccccc23)C(c2ccccc2)C1=C(O)c1ccccc1. The van der Waals surface area contributed by atoms with Crippen molar-refractivity contribution in [3.63, 3.8) is 0 Å². The zero-order chi connectivity index (χ0) is 22.1. The summed E-state index contributed by atoms with van der Waals surface area (Å²) in [6.07, 6.45) is 2.54. The van der Waals surface area contributed by atoms with Gasteiger partial charge >= 0.3 is 0 Å². The minimum Gasteiger partial charge on any atom is -0.507 e. The summed E-state index contributed by atoms with van der Waals surface area (Å²) in [4.78, 5) is 31.0. The number of Topliss-reactive ketones (excluding diaryl/α,β-unsaturated/α-hetero) is 1. The van der Waals surface area contributed by atoms with Crippen LogP contribution in [0, 0.1) is 0 Å². The van der Waals surface area contributed by atoms with Gasteiger partial charge in [0.05, 0.1) is 11.6 Å². The molecule has 0 bridgehead atoms. The molecule has 158 valence electrons. The van der Waals surface area contributed by atoms with E-state index in [1.54, 1.807) is 29.2 Å². The second-order valence-electron chi connectivity index (χ2n) is 7.88. The van der Waals surface area contributed by atoms with E-state index in [0.29, 0.717) is 18.5 Å². The highest BCUT2D eigenvalue weighted by molar-refractivity contribution is 6.46. The van der Waals surface area contributed by atoms with Crippen molar-refractivity contribution in [3.8, 4) is 0 Å². The molecule has 2 N–H and O–H groups in total. The van der Waals surface area contributed by atoms with Crippen LogP contribution in [0.3, 0.4) is 0 Å². The Morgan fingerprint density at radius 3 is 2.28 bits per heavy atom. The summed E-state index contributed by atoms with van der Waals surface area (Å²) >= 11 is 0. The van der Waals surface area contributed by atoms with E-state index in [0.717, 1.165) is 22.0 Å². The molecular formula is C27H22N2O3. The molecule has 1 saturated heterocycles. The standard InChI is InChI=1S/C27H22N2O3/c30-25(19-11-5-2-6-12-19)23-24(18-9-3-1-4-10-18)29(27(32)26(23)31)16-15-20-17-28-22-14-8-7-13-21(20)22/h1-14,17,24,28,30H,15-16H2. The Hall–Kier alpha value is -4.12. The van der Waals surface area contributed by atoms with Crippen molar-refractivity contribution in [3.05, 3.63) is 113 Å². The lowest BCUT2D eigenvalue weighted by molar-refractivity contribution is -0.139. The van der Waals surface area contributed by atoms with E-state index >= 15 is 0 Å². The minimum absolute atomic E-state index is 0.131. The zero-order valence-electron chi connectivity index (χ0n) is 17.4. The van der Waals surface area contributed by atoms with Gasteiger partial charge in [-0.05, 0) is 23.6 Å². The number of H-pyrrole nitrogens is 1. The molecule has 3 aromatic carbocycles. The van der Waals surface area contributed by atoms with E-state index in [9.17, 15) is 14.7 Å². The molecule has 32 heavy (non-hydrogen) atoms. The number of aromatic amines is 1. The Kier molecular flexibility index (Phi) is 5.07. The van der Waals surface area contributed by atoms with E-state index in [2.05, 4.69) is 4.98 Å². The number of benzene rings is 3. The van der Waals surface area contributed by atoms with E-state index in [-0.39, 0.29) is 11.3 Å². The maximum atomic E-state index is 13.1. The second kappa shape index (κ2) is 8.19. The summed E-state index contributed by atoms with van der Waals surface area (Å²) in [7, 11) is 0. The van der Waals surface area contributed by atoms with Crippen molar-refractivity contribution in [1.29, 1.82) is 0 Å². The van der Waals surface area contributed by atoms with Crippen molar-refractivity contribution >= 4 is 28.4 Å². The van der Waals surface area contributed by atoms with E-state index in [4.69, 9.17) is 0 Å². The smallest absolute Gasteiger partial charge is 0.295 e. The molecule has 1 fully saturated rings. The number of carbonyl (C=O) groups excluding carboxylic acids is 2. The Bertz CT molecular complexity index is 1320. The van der Waals surface area contributed by atoms with Gasteiger partial charge in [-0.3, -0.25) is 9.59 Å². The fourth-order valence-corrected chi connectivity index (χ4v) is 4.42. The van der Waals surface area contributed by atoms with E-state index in [1.165, 1.54) is 0 Å². The van der Waals surface area contributed by atoms with Crippen LogP contribution >= 0.6 is 0 Å². The largest absolute Gasteiger partial charge is 0.507 e. The number of aliphatic hydroxyl groups is 1. The van der Waals surface area contributed by atoms with Crippen LogP contribution in [-0.4, -0.2) is 33.2 Å². The van der Waals surface area contributed by atoms with Gasteiger partial charge in [-0.15, -0.1) is 0 Å². The molecule has 0 spiro atoms. The van der Waals surface area contributed by atoms with Gasteiger partial charge in [0.15, 0.2) is 0 Å². The first-order valence-electron chi connectivity index (χ1n) is 10.6. The fourth-order valence-electron chi connectivity index (χ4n) is 4.42. The molecule has 5 nitrogen and oxygen atoms in total. The highest BCUT2D eigenvalue weighted by Crippen LogP contribution is 2.39. The highest BCUT2D eigenvalue weighted by atomic mass is 16.3. The Morgan fingerprint density at radius 1 is 0.875 bits per heavy atom. The molecule has 0 radical (unpaired) electrons. The first kappa shape index (κ1) is 19.8. The molecule has 1 atom stereocenters. The third-order valence-electron chi connectivity index (χ3n) is 6.00. The van der Waals surface area contributed by atoms with Crippen molar-refractivity contribution < 1.29 is 14.7 Å². The maximum Gasteiger partial charge on any atom is 0.295 e. The summed E-state index contributed by atoms with van der Waals surface area (Å²) in [5.74, 6) is -1.39. The lowest BCUT2D eigenvalue weighted by Crippen LogP contribution is -2.31. The van der Waals surface area contributed by atoms with Crippen molar-refractivity contribution in [2.75, 3.05) is 6.54 Å². The predicted octanol–water partition coefficient (Wildman–Crippen LogP) is 4.83. The number of hydrogen-bond acceptors (Lipinski definition) is 3. The molecule has 1 aliphatic rings. The number of likely N-dealkylation sites (tertiary alicyclic amines) is 1. The van der Waals surface area contributed by atoms with Crippen LogP contribution < -0.4 is 0 Å². The number of rotatable bonds is 5. The van der Waals surface area contributed by atoms with E-state index < -0.39 is 17.7 Å². The average molecular weight is 422 g/mol. The quantitative estimate of drug-likeness (QED) is 0.275. The summed E-state index contributed by atoms with van der Waals surface area (Å²) in [6.45, 7) is 0.359. The first-order valence-corrected chi connectivity index (χ1v) is 10.6. The Labute approximate surface area is 185 Å². The monoisotopic (exact) mass is 422 g/mol. The molecule has 1 unspecified atom stereocenters. The summed E-state index contributed by atoms with van der Waals surface area (Å²) in [5.41, 5.74) is 3.56. The van der Waals surface area contributed by atoms with Crippen molar-refractivity contribution in [1.82, 2.24) is 9.88 Å². The normalized spacial score (nSPS) is 17.9. The van der Waals surface area contributed by atoms with Crippen LogP contribution in [0.4, 0.5) is 0 Å². The van der Waals surface area contributed by atoms with Crippen LogP contribution in [-0.2, 0) is 16.0 Å². The Balaban J connectivity index is 1.55. The molecule has 2 heterocycles. The lowest BCUT2D eigenvalue weighted by Gasteiger charge is -2.25. The lowest BCUT2D eigenvalue weighted by atomic mass is 9.95. The number of fused-ring (bicyclic) bond motifs is 1. The number of aromatic nitrogens is 1. The average Bonchev–Trinajstić information content (AvgIpc) is 3.37. The molecule has 0 aliphatic carbocycles. The van der Waals surface area contributed by atoms with Gasteiger partial charge in [0.25, 0.3) is 11.7 Å². The van der Waals surface area contributed by atoms with Crippen LogP contribution in [0.25, 0.3) is 16.7 Å². The number of amides is 1. The maximum absolute atomic E-state index is 13.1. The number of para-hydroxylation sites is 1. The highest BCUT2D eigenvalue weighted by Gasteiger charge is 2.45. The third kappa shape index (κ3) is 3.38. The van der Waals surface area contributed by atoms with Crippen LogP contribution in [0.5, 0.6) is 0 Å². The minimum atomic E-state index is -0.654. The zero-order valence-corrected chi connectivity index (χ0v) is 17.4. The fraction of sp³-hybridized carbons (Fsp3) is 0.111. The second-order valence-corrected chi connectivity index (χ2v) is 7.88. The van der Waals surface area contributed by atoms with Crippen LogP contribution in [0.2, 0.25) is 0 Å². The summed E-state index contributed by atoms with van der Waals surface area (Å²) < 4.78 is 0. The van der Waals surface area contributed by atoms with Gasteiger partial charge < -0.3 is 15.0 Å². The third-order valence-corrected chi connectivity index (χ3v) is 6.00. The van der Waals surface area contributed by atoms with Gasteiger partial charge in [-0.25, -0.2) is 0 Å². The molecule has 1 amide bonds. The van der Waals surface area contributed by atoms with Crippen molar-refractivity contribution in [2.45, 2.75) is 12.5 Å².